The molecule has 1 saturated heterocycles. The predicted octanol–water partition coefficient (Wildman–Crippen LogP) is 1.94. The summed E-state index contributed by atoms with van der Waals surface area (Å²) in [6.07, 6.45) is 0.432. The number of nitrogens with one attached hydrogen (secondary N) is 1. The number of carbonyl (C=O) groups is 1. The van der Waals surface area contributed by atoms with Gasteiger partial charge in [0.05, 0.1) is 0 Å². The Labute approximate surface area is 103 Å². The molecule has 1 N–H and O–H groups in total. The second kappa shape index (κ2) is 4.71. The largest absolute Gasteiger partial charge is 0.343 e. The molecule has 0 spiro atoms. The Morgan fingerprint density at radius 3 is 2.76 bits per heavy atom. The normalized spacial score (nSPS) is 24.2. The minimum atomic E-state index is -0.812. The molecule has 0 saturated carbocycles. The van der Waals surface area contributed by atoms with Crippen molar-refractivity contribution >= 4 is 17.5 Å². The van der Waals surface area contributed by atoms with Gasteiger partial charge in [-0.05, 0) is 11.6 Å². The molecule has 0 aromatic heterocycles. The highest BCUT2D eigenvalue weighted by Gasteiger charge is 2.38. The molecule has 0 radical (unpaired) electrons. The van der Waals surface area contributed by atoms with Crippen LogP contribution in [0.4, 0.5) is 0 Å². The molecule has 0 aliphatic carbocycles. The van der Waals surface area contributed by atoms with Crippen LogP contribution in [0.1, 0.15) is 24.4 Å². The van der Waals surface area contributed by atoms with Gasteiger partial charge < -0.3 is 5.32 Å². The Hall–Kier alpha value is -1.62. The van der Waals surface area contributed by atoms with Crippen LogP contribution in [0, 0.1) is 10.1 Å². The third-order valence-electron chi connectivity index (χ3n) is 2.88. The number of rotatable bonds is 2. The summed E-state index contributed by atoms with van der Waals surface area (Å²) in [6, 6.07) is 5.41. The molecule has 1 aliphatic heterocycles. The molecule has 1 aromatic rings. The van der Waals surface area contributed by atoms with Crippen LogP contribution in [0.25, 0.3) is 0 Å². The maximum absolute atomic E-state index is 11.3. The number of halogens is 1. The summed E-state index contributed by atoms with van der Waals surface area (Å²) in [5.74, 6) is -0.173. The molecule has 0 unspecified atom stereocenters. The molecule has 1 heterocycles. The van der Waals surface area contributed by atoms with Crippen LogP contribution in [0.5, 0.6) is 0 Å². The van der Waals surface area contributed by atoms with Crippen LogP contribution in [0.2, 0.25) is 5.02 Å². The summed E-state index contributed by atoms with van der Waals surface area (Å²) in [5, 5.41) is 14.0. The number of benzene rings is 1. The Kier molecular flexibility index (Phi) is 3.28. The van der Waals surface area contributed by atoms with Crippen molar-refractivity contribution in [1.29, 1.82) is 0 Å². The fraction of sp³-hybridized carbons (Fsp3) is 0.364. The van der Waals surface area contributed by atoms with Crippen molar-refractivity contribution < 1.29 is 9.72 Å². The summed E-state index contributed by atoms with van der Waals surface area (Å²) in [4.78, 5) is 22.0. The SMILES string of the molecule is O=C1CC[C@H]([N+](=O)[O-])[C@H](c2ccccc2Cl)N1. The van der Waals surface area contributed by atoms with Gasteiger partial charge in [0.1, 0.15) is 6.04 Å². The lowest BCUT2D eigenvalue weighted by molar-refractivity contribution is -0.529. The first-order chi connectivity index (χ1) is 8.09. The molecule has 1 amide bonds. The molecule has 6 heteroatoms. The summed E-state index contributed by atoms with van der Waals surface area (Å²) in [7, 11) is 0. The van der Waals surface area contributed by atoms with Crippen molar-refractivity contribution in [3.05, 3.63) is 45.0 Å². The fourth-order valence-corrected chi connectivity index (χ4v) is 2.28. The maximum Gasteiger partial charge on any atom is 0.237 e. The van der Waals surface area contributed by atoms with E-state index in [2.05, 4.69) is 5.32 Å². The second-order valence-electron chi connectivity index (χ2n) is 3.96. The highest BCUT2D eigenvalue weighted by atomic mass is 35.5. The van der Waals surface area contributed by atoms with E-state index in [-0.39, 0.29) is 23.7 Å². The topological polar surface area (TPSA) is 72.2 Å². The highest BCUT2D eigenvalue weighted by Crippen LogP contribution is 2.30. The van der Waals surface area contributed by atoms with E-state index < -0.39 is 12.1 Å². The van der Waals surface area contributed by atoms with Crippen LogP contribution in [0.15, 0.2) is 24.3 Å². The first-order valence-electron chi connectivity index (χ1n) is 5.27. The molecule has 1 aromatic carbocycles. The zero-order chi connectivity index (χ0) is 12.4. The molecule has 0 bridgehead atoms. The molecule has 2 rings (SSSR count). The van der Waals surface area contributed by atoms with Gasteiger partial charge in [-0.15, -0.1) is 0 Å². The molecule has 1 fully saturated rings. The summed E-state index contributed by atoms with van der Waals surface area (Å²) < 4.78 is 0. The molecular formula is C11H11ClN2O3. The number of nitro groups is 1. The lowest BCUT2D eigenvalue weighted by atomic mass is 9.92. The lowest BCUT2D eigenvalue weighted by Gasteiger charge is -2.27. The Bertz CT molecular complexity index is 464. The molecule has 5 nitrogen and oxygen atoms in total. The van der Waals surface area contributed by atoms with Crippen molar-refractivity contribution in [2.45, 2.75) is 24.9 Å². The predicted molar refractivity (Wildman–Crippen MR) is 62.4 cm³/mol. The first kappa shape index (κ1) is 11.9. The molecule has 17 heavy (non-hydrogen) atoms. The minimum absolute atomic E-state index is 0.173. The van der Waals surface area contributed by atoms with Crippen LogP contribution < -0.4 is 5.32 Å². The van der Waals surface area contributed by atoms with Gasteiger partial charge >= 0.3 is 0 Å². The van der Waals surface area contributed by atoms with Gasteiger partial charge in [-0.25, -0.2) is 0 Å². The van der Waals surface area contributed by atoms with Crippen LogP contribution in [0.3, 0.4) is 0 Å². The average Bonchev–Trinajstić information content (AvgIpc) is 2.29. The summed E-state index contributed by atoms with van der Waals surface area (Å²) in [6.45, 7) is 0. The van der Waals surface area contributed by atoms with E-state index in [4.69, 9.17) is 11.6 Å². The third kappa shape index (κ3) is 2.39. The van der Waals surface area contributed by atoms with E-state index in [0.29, 0.717) is 10.6 Å². The fourth-order valence-electron chi connectivity index (χ4n) is 2.03. The standard InChI is InChI=1S/C11H11ClN2O3/c12-8-4-2-1-3-7(8)11-9(14(16)17)5-6-10(15)13-11/h1-4,9,11H,5-6H2,(H,13,15)/t9-,11-/m0/s1. The van der Waals surface area contributed by atoms with Gasteiger partial charge in [-0.1, -0.05) is 29.8 Å². The molecular weight excluding hydrogens is 244 g/mol. The maximum atomic E-state index is 11.3. The van der Waals surface area contributed by atoms with Gasteiger partial charge in [-0.3, -0.25) is 14.9 Å². The van der Waals surface area contributed by atoms with Crippen molar-refractivity contribution in [2.75, 3.05) is 0 Å². The van der Waals surface area contributed by atoms with Gasteiger partial charge in [0.2, 0.25) is 11.9 Å². The van der Waals surface area contributed by atoms with Crippen LogP contribution >= 0.6 is 11.6 Å². The average molecular weight is 255 g/mol. The number of nitrogens with zero attached hydrogens (tertiary/aromatic N) is 1. The molecule has 1 aliphatic rings. The third-order valence-corrected chi connectivity index (χ3v) is 3.22. The van der Waals surface area contributed by atoms with E-state index in [9.17, 15) is 14.9 Å². The summed E-state index contributed by atoms with van der Waals surface area (Å²) >= 11 is 6.00. The van der Waals surface area contributed by atoms with Crippen LogP contribution in [-0.2, 0) is 4.79 Å². The first-order valence-corrected chi connectivity index (χ1v) is 5.64. The van der Waals surface area contributed by atoms with Crippen molar-refractivity contribution in [3.63, 3.8) is 0 Å². The van der Waals surface area contributed by atoms with Crippen molar-refractivity contribution in [2.24, 2.45) is 0 Å². The van der Waals surface area contributed by atoms with E-state index >= 15 is 0 Å². The van der Waals surface area contributed by atoms with E-state index in [0.717, 1.165) is 0 Å². The molecule has 90 valence electrons. The zero-order valence-corrected chi connectivity index (χ0v) is 9.68. The lowest BCUT2D eigenvalue weighted by Crippen LogP contribution is -2.45. The molecule has 2 atom stereocenters. The Morgan fingerprint density at radius 2 is 2.12 bits per heavy atom. The van der Waals surface area contributed by atoms with Gasteiger partial charge in [0.25, 0.3) is 0 Å². The quantitative estimate of drug-likeness (QED) is 0.647. The summed E-state index contributed by atoms with van der Waals surface area (Å²) in [5.41, 5.74) is 0.601. The van der Waals surface area contributed by atoms with Gasteiger partial charge in [0, 0.05) is 22.8 Å². The second-order valence-corrected chi connectivity index (χ2v) is 4.37. The Balaban J connectivity index is 2.35. The smallest absolute Gasteiger partial charge is 0.237 e. The van der Waals surface area contributed by atoms with Gasteiger partial charge in [-0.2, -0.15) is 0 Å². The number of hydrogen-bond acceptors (Lipinski definition) is 3. The number of carbonyl (C=O) groups excluding carboxylic acids is 1. The monoisotopic (exact) mass is 254 g/mol. The van der Waals surface area contributed by atoms with E-state index in [1.807, 2.05) is 0 Å². The van der Waals surface area contributed by atoms with Crippen molar-refractivity contribution in [3.8, 4) is 0 Å². The number of hydrogen-bond donors (Lipinski definition) is 1. The number of piperidine rings is 1. The number of amides is 1. The van der Waals surface area contributed by atoms with E-state index in [1.165, 1.54) is 0 Å². The highest BCUT2D eigenvalue weighted by molar-refractivity contribution is 6.31. The van der Waals surface area contributed by atoms with Crippen molar-refractivity contribution in [1.82, 2.24) is 5.32 Å². The zero-order valence-electron chi connectivity index (χ0n) is 8.93. The van der Waals surface area contributed by atoms with E-state index in [1.54, 1.807) is 24.3 Å². The Morgan fingerprint density at radius 1 is 1.41 bits per heavy atom. The van der Waals surface area contributed by atoms with Crippen LogP contribution in [-0.4, -0.2) is 16.9 Å². The minimum Gasteiger partial charge on any atom is -0.343 e. The van der Waals surface area contributed by atoms with Gasteiger partial charge in [0.15, 0.2) is 0 Å².